The fraction of sp³-hybridized carbons (Fsp3) is 0.385. The summed E-state index contributed by atoms with van der Waals surface area (Å²) in [4.78, 5) is 29.9. The van der Waals surface area contributed by atoms with Gasteiger partial charge in [-0.05, 0) is 24.1 Å². The quantitative estimate of drug-likeness (QED) is 0.440. The SMILES string of the molecule is Cl.Cl.O=C(O)CN1CCN(CC(=O)N2CCc3c(n(Cc4ccc(F)c(Cl)c4F)c4ccccc34)C2)CC1. The number of para-hydroxylation sites is 1. The second-order valence-electron chi connectivity index (χ2n) is 9.37. The molecule has 206 valence electrons. The van der Waals surface area contributed by atoms with E-state index in [4.69, 9.17) is 16.7 Å². The van der Waals surface area contributed by atoms with Crippen LogP contribution in [0.4, 0.5) is 8.78 Å². The standard InChI is InChI=1S/C26H27ClF2N4O3.2ClH/c27-25-20(28)6-5-17(26(25)29)13-33-21-4-2-1-3-18(21)19-7-8-32(14-22(19)33)23(34)15-30-9-11-31(12-10-30)16-24(35)36;;/h1-6H,7-16H2,(H,35,36);2*1H. The number of carboxylic acids is 1. The Labute approximate surface area is 236 Å². The van der Waals surface area contributed by atoms with Crippen LogP contribution in [-0.2, 0) is 29.1 Å². The first-order valence-electron chi connectivity index (χ1n) is 12.0. The molecule has 12 heteroatoms. The van der Waals surface area contributed by atoms with E-state index in [1.165, 1.54) is 12.1 Å². The summed E-state index contributed by atoms with van der Waals surface area (Å²) in [5.74, 6) is -2.39. The molecule has 2 aromatic carbocycles. The average molecular weight is 590 g/mol. The van der Waals surface area contributed by atoms with Crippen molar-refractivity contribution in [2.75, 3.05) is 45.8 Å². The fourth-order valence-corrected chi connectivity index (χ4v) is 5.42. The van der Waals surface area contributed by atoms with Gasteiger partial charge in [-0.1, -0.05) is 35.9 Å². The molecule has 0 spiro atoms. The van der Waals surface area contributed by atoms with Gasteiger partial charge in [0, 0.05) is 54.9 Å². The van der Waals surface area contributed by atoms with Crippen molar-refractivity contribution in [1.29, 1.82) is 0 Å². The van der Waals surface area contributed by atoms with Gasteiger partial charge in [0.15, 0.2) is 0 Å². The van der Waals surface area contributed by atoms with Gasteiger partial charge in [-0.3, -0.25) is 19.4 Å². The molecule has 2 aliphatic rings. The molecule has 0 radical (unpaired) electrons. The summed E-state index contributed by atoms with van der Waals surface area (Å²) in [6, 6.07) is 10.5. The zero-order chi connectivity index (χ0) is 25.4. The number of hydrogen-bond donors (Lipinski definition) is 1. The number of aliphatic carboxylic acids is 1. The van der Waals surface area contributed by atoms with Crippen LogP contribution in [-0.4, -0.2) is 82.1 Å². The molecule has 0 bridgehead atoms. The third kappa shape index (κ3) is 6.07. The van der Waals surface area contributed by atoms with E-state index in [1.807, 2.05) is 38.6 Å². The number of halogens is 5. The van der Waals surface area contributed by atoms with Gasteiger partial charge in [0.1, 0.15) is 16.7 Å². The molecule has 1 fully saturated rings. The lowest BCUT2D eigenvalue weighted by Crippen LogP contribution is -2.51. The van der Waals surface area contributed by atoms with Crippen molar-refractivity contribution in [3.8, 4) is 0 Å². The van der Waals surface area contributed by atoms with Gasteiger partial charge in [0.2, 0.25) is 5.91 Å². The average Bonchev–Trinajstić information content (AvgIpc) is 3.18. The van der Waals surface area contributed by atoms with Gasteiger partial charge in [-0.2, -0.15) is 0 Å². The highest BCUT2D eigenvalue weighted by atomic mass is 35.5. The maximum absolute atomic E-state index is 14.8. The van der Waals surface area contributed by atoms with Gasteiger partial charge < -0.3 is 14.6 Å². The van der Waals surface area contributed by atoms with E-state index in [2.05, 4.69) is 4.90 Å². The Balaban J connectivity index is 0.00000200. The highest BCUT2D eigenvalue weighted by Crippen LogP contribution is 2.33. The number of rotatable bonds is 6. The van der Waals surface area contributed by atoms with Crippen LogP contribution in [0.1, 0.15) is 16.8 Å². The molecule has 7 nitrogen and oxygen atoms in total. The van der Waals surface area contributed by atoms with Crippen LogP contribution in [0.2, 0.25) is 5.02 Å². The summed E-state index contributed by atoms with van der Waals surface area (Å²) < 4.78 is 30.5. The molecule has 5 rings (SSSR count). The molecule has 2 aliphatic heterocycles. The third-order valence-corrected chi connectivity index (χ3v) is 7.49. The topological polar surface area (TPSA) is 69.0 Å². The van der Waals surface area contributed by atoms with E-state index < -0.39 is 22.6 Å². The highest BCUT2D eigenvalue weighted by molar-refractivity contribution is 6.30. The summed E-state index contributed by atoms with van der Waals surface area (Å²) in [5.41, 5.74) is 3.31. The van der Waals surface area contributed by atoms with Crippen molar-refractivity contribution in [1.82, 2.24) is 19.3 Å². The van der Waals surface area contributed by atoms with Crippen LogP contribution < -0.4 is 0 Å². The minimum absolute atomic E-state index is 0. The molecule has 1 aromatic heterocycles. The lowest BCUT2D eigenvalue weighted by Gasteiger charge is -2.35. The van der Waals surface area contributed by atoms with Gasteiger partial charge in [-0.25, -0.2) is 8.78 Å². The molecule has 0 atom stereocenters. The normalized spacial score (nSPS) is 16.0. The van der Waals surface area contributed by atoms with Crippen LogP contribution in [0, 0.1) is 11.6 Å². The predicted octanol–water partition coefficient (Wildman–Crippen LogP) is 4.05. The lowest BCUT2D eigenvalue weighted by atomic mass is 10.0. The molecular weight excluding hydrogens is 561 g/mol. The number of piperazine rings is 1. The number of nitrogens with zero attached hydrogens (tertiary/aromatic N) is 4. The van der Waals surface area contributed by atoms with E-state index in [0.29, 0.717) is 45.7 Å². The number of hydrogen-bond acceptors (Lipinski definition) is 4. The first kappa shape index (κ1) is 30.1. The van der Waals surface area contributed by atoms with E-state index in [0.717, 1.165) is 22.2 Å². The van der Waals surface area contributed by atoms with Crippen LogP contribution in [0.3, 0.4) is 0 Å². The zero-order valence-corrected chi connectivity index (χ0v) is 22.9. The molecule has 0 saturated carbocycles. The van der Waals surface area contributed by atoms with Crippen molar-refractivity contribution in [2.45, 2.75) is 19.5 Å². The van der Waals surface area contributed by atoms with Crippen LogP contribution in [0.25, 0.3) is 10.9 Å². The molecule has 0 aliphatic carbocycles. The Morgan fingerprint density at radius 2 is 1.58 bits per heavy atom. The number of carbonyl (C=O) groups is 2. The monoisotopic (exact) mass is 588 g/mol. The molecule has 3 aromatic rings. The maximum atomic E-state index is 14.8. The molecule has 0 unspecified atom stereocenters. The van der Waals surface area contributed by atoms with Gasteiger partial charge in [0.25, 0.3) is 0 Å². The number of amides is 1. The highest BCUT2D eigenvalue weighted by Gasteiger charge is 2.29. The van der Waals surface area contributed by atoms with E-state index in [9.17, 15) is 18.4 Å². The van der Waals surface area contributed by atoms with Crippen molar-refractivity contribution < 1.29 is 23.5 Å². The van der Waals surface area contributed by atoms with E-state index in [1.54, 1.807) is 0 Å². The summed E-state index contributed by atoms with van der Waals surface area (Å²) in [7, 11) is 0. The Morgan fingerprint density at radius 1 is 0.921 bits per heavy atom. The third-order valence-electron chi connectivity index (χ3n) is 7.15. The van der Waals surface area contributed by atoms with Crippen LogP contribution in [0.15, 0.2) is 36.4 Å². The molecule has 38 heavy (non-hydrogen) atoms. The van der Waals surface area contributed by atoms with Gasteiger partial charge >= 0.3 is 5.97 Å². The minimum atomic E-state index is -0.846. The van der Waals surface area contributed by atoms with Crippen molar-refractivity contribution in [3.63, 3.8) is 0 Å². The smallest absolute Gasteiger partial charge is 0.317 e. The Morgan fingerprint density at radius 3 is 2.26 bits per heavy atom. The first-order chi connectivity index (χ1) is 17.3. The maximum Gasteiger partial charge on any atom is 0.317 e. The number of fused-ring (bicyclic) bond motifs is 3. The molecule has 1 amide bonds. The molecular formula is C26H29Cl3F2N4O3. The number of carbonyl (C=O) groups excluding carboxylic acids is 1. The summed E-state index contributed by atoms with van der Waals surface area (Å²) in [5, 5.41) is 9.53. The summed E-state index contributed by atoms with van der Waals surface area (Å²) in [6.07, 6.45) is 0.688. The second kappa shape index (κ2) is 12.6. The number of aromatic nitrogens is 1. The van der Waals surface area contributed by atoms with E-state index >= 15 is 0 Å². The summed E-state index contributed by atoms with van der Waals surface area (Å²) >= 11 is 5.83. The van der Waals surface area contributed by atoms with Crippen LogP contribution >= 0.6 is 36.4 Å². The zero-order valence-electron chi connectivity index (χ0n) is 20.5. The Kier molecular flexibility index (Phi) is 10.00. The first-order valence-corrected chi connectivity index (χ1v) is 12.3. The molecule has 3 heterocycles. The summed E-state index contributed by atoms with van der Waals surface area (Å²) in [6.45, 7) is 3.97. The molecule has 1 saturated heterocycles. The van der Waals surface area contributed by atoms with E-state index in [-0.39, 0.29) is 55.9 Å². The van der Waals surface area contributed by atoms with Crippen LogP contribution in [0.5, 0.6) is 0 Å². The number of benzene rings is 2. The van der Waals surface area contributed by atoms with Crippen molar-refractivity contribution in [3.05, 3.63) is 69.9 Å². The largest absolute Gasteiger partial charge is 0.480 e. The number of carboxylic acid groups (broad SMARTS) is 1. The van der Waals surface area contributed by atoms with Crippen molar-refractivity contribution >= 4 is 59.2 Å². The molecule has 1 N–H and O–H groups in total. The second-order valence-corrected chi connectivity index (χ2v) is 9.75. The Hall–Kier alpha value is -2.43. The lowest BCUT2D eigenvalue weighted by molar-refractivity contribution is -0.139. The van der Waals surface area contributed by atoms with Gasteiger partial charge in [0.05, 0.1) is 26.2 Å². The predicted molar refractivity (Wildman–Crippen MR) is 147 cm³/mol. The Bertz CT molecular complexity index is 1330. The fourth-order valence-electron chi connectivity index (χ4n) is 5.23. The van der Waals surface area contributed by atoms with Crippen molar-refractivity contribution in [2.24, 2.45) is 0 Å². The minimum Gasteiger partial charge on any atom is -0.480 e. The van der Waals surface area contributed by atoms with Gasteiger partial charge in [-0.15, -0.1) is 24.8 Å².